The summed E-state index contributed by atoms with van der Waals surface area (Å²) in [5.74, 6) is 0.156. The first kappa shape index (κ1) is 27.0. The van der Waals surface area contributed by atoms with Gasteiger partial charge in [0.2, 0.25) is 11.8 Å². The Hall–Kier alpha value is -4.05. The molecule has 0 atom stereocenters. The number of hydrogen-bond donors (Lipinski definition) is 1. The first-order valence-electron chi connectivity index (χ1n) is 12.2. The maximum atomic E-state index is 13.8. The predicted molar refractivity (Wildman–Crippen MR) is 147 cm³/mol. The third kappa shape index (κ3) is 5.60. The van der Waals surface area contributed by atoms with Gasteiger partial charge in [0.15, 0.2) is 11.5 Å². The predicted octanol–water partition coefficient (Wildman–Crippen LogP) is 4.28. The van der Waals surface area contributed by atoms with Crippen molar-refractivity contribution in [3.8, 4) is 11.5 Å². The molecule has 9 nitrogen and oxygen atoms in total. The van der Waals surface area contributed by atoms with Gasteiger partial charge in [0, 0.05) is 30.4 Å². The molecule has 0 spiro atoms. The van der Waals surface area contributed by atoms with Crippen LogP contribution in [0.5, 0.6) is 11.5 Å². The molecule has 0 radical (unpaired) electrons. The molecule has 10 heteroatoms. The van der Waals surface area contributed by atoms with Gasteiger partial charge in [0.05, 0.1) is 24.8 Å². The second-order valence-electron chi connectivity index (χ2n) is 9.06. The molecule has 200 valence electrons. The molecule has 38 heavy (non-hydrogen) atoms. The maximum absolute atomic E-state index is 13.8. The summed E-state index contributed by atoms with van der Waals surface area (Å²) in [6.07, 6.45) is 1.28. The monoisotopic (exact) mass is 537 g/mol. The van der Waals surface area contributed by atoms with E-state index >= 15 is 0 Å². The second kappa shape index (κ2) is 11.1. The smallest absolute Gasteiger partial charge is 0.264 e. The van der Waals surface area contributed by atoms with Crippen LogP contribution in [-0.4, -0.2) is 47.5 Å². The Bertz CT molecular complexity index is 1450. The molecule has 4 rings (SSSR count). The molecule has 2 amide bonds. The summed E-state index contributed by atoms with van der Waals surface area (Å²) < 4.78 is 39.2. The fraction of sp³-hybridized carbons (Fsp3) is 0.286. The fourth-order valence-electron chi connectivity index (χ4n) is 4.34. The summed E-state index contributed by atoms with van der Waals surface area (Å²) in [6, 6.07) is 16.5. The Morgan fingerprint density at radius 2 is 1.68 bits per heavy atom. The minimum absolute atomic E-state index is 0.0446. The van der Waals surface area contributed by atoms with Crippen LogP contribution in [0.3, 0.4) is 0 Å². The number of aryl methyl sites for hydroxylation is 2. The summed E-state index contributed by atoms with van der Waals surface area (Å²) in [6.45, 7) is 3.96. The van der Waals surface area contributed by atoms with Crippen LogP contribution >= 0.6 is 0 Å². The van der Waals surface area contributed by atoms with Crippen molar-refractivity contribution in [3.63, 3.8) is 0 Å². The van der Waals surface area contributed by atoms with Crippen molar-refractivity contribution in [2.24, 2.45) is 0 Å². The third-order valence-corrected chi connectivity index (χ3v) is 8.18. The maximum Gasteiger partial charge on any atom is 0.264 e. The largest absolute Gasteiger partial charge is 0.493 e. The molecule has 1 aliphatic rings. The van der Waals surface area contributed by atoms with Crippen LogP contribution in [0.25, 0.3) is 0 Å². The van der Waals surface area contributed by atoms with Gasteiger partial charge in [0.25, 0.3) is 10.0 Å². The second-order valence-corrected chi connectivity index (χ2v) is 10.9. The van der Waals surface area contributed by atoms with Gasteiger partial charge in [-0.1, -0.05) is 23.8 Å². The van der Waals surface area contributed by atoms with E-state index in [1.54, 1.807) is 41.3 Å². The van der Waals surface area contributed by atoms with Crippen molar-refractivity contribution in [2.45, 2.75) is 31.6 Å². The SMILES string of the molecule is COc1ccc(S(=O)(=O)N(CC(=O)Nc2ccc(C)c(N3CCCC3=O)c2)c2ccc(C)cc2)cc1OC. The number of methoxy groups -OCH3 is 2. The summed E-state index contributed by atoms with van der Waals surface area (Å²) in [5.41, 5.74) is 3.41. The fourth-order valence-corrected chi connectivity index (χ4v) is 5.78. The van der Waals surface area contributed by atoms with Crippen molar-refractivity contribution < 1.29 is 27.5 Å². The van der Waals surface area contributed by atoms with Crippen molar-refractivity contribution in [3.05, 3.63) is 71.8 Å². The molecule has 1 fully saturated rings. The lowest BCUT2D eigenvalue weighted by molar-refractivity contribution is -0.117. The van der Waals surface area contributed by atoms with Crippen molar-refractivity contribution in [1.82, 2.24) is 0 Å². The third-order valence-electron chi connectivity index (χ3n) is 6.41. The van der Waals surface area contributed by atoms with Crippen LogP contribution in [0.15, 0.2) is 65.6 Å². The number of rotatable bonds is 9. The lowest BCUT2D eigenvalue weighted by atomic mass is 10.1. The van der Waals surface area contributed by atoms with Crippen LogP contribution in [0.2, 0.25) is 0 Å². The topological polar surface area (TPSA) is 105 Å². The van der Waals surface area contributed by atoms with E-state index in [2.05, 4.69) is 5.32 Å². The van der Waals surface area contributed by atoms with Gasteiger partial charge in [-0.3, -0.25) is 13.9 Å². The normalized spacial score (nSPS) is 13.4. The standard InChI is InChI=1S/C28H31N3O6S/c1-19-7-11-22(12-8-19)31(38(34,35)23-13-14-25(36-3)26(17-23)37-4)18-27(32)29-21-10-9-20(2)24(16-21)30-15-5-6-28(30)33/h7-14,16-17H,5-6,15,18H2,1-4H3,(H,29,32). The van der Waals surface area contributed by atoms with Gasteiger partial charge >= 0.3 is 0 Å². The van der Waals surface area contributed by atoms with Gasteiger partial charge in [-0.15, -0.1) is 0 Å². The van der Waals surface area contributed by atoms with Gasteiger partial charge in [-0.2, -0.15) is 0 Å². The molecular weight excluding hydrogens is 506 g/mol. The van der Waals surface area contributed by atoms with E-state index in [0.29, 0.717) is 30.1 Å². The van der Waals surface area contributed by atoms with Crippen LogP contribution in [0, 0.1) is 13.8 Å². The number of nitrogens with one attached hydrogen (secondary N) is 1. The Morgan fingerprint density at radius 3 is 2.32 bits per heavy atom. The number of sulfonamides is 1. The minimum atomic E-state index is -4.16. The number of hydrogen-bond acceptors (Lipinski definition) is 6. The van der Waals surface area contributed by atoms with E-state index in [-0.39, 0.29) is 16.6 Å². The average molecular weight is 538 g/mol. The number of amides is 2. The van der Waals surface area contributed by atoms with Crippen LogP contribution < -0.4 is 24.0 Å². The van der Waals surface area contributed by atoms with Crippen LogP contribution in [-0.2, 0) is 19.6 Å². The molecule has 0 aliphatic carbocycles. The number of carbonyl (C=O) groups excluding carboxylic acids is 2. The Morgan fingerprint density at radius 1 is 0.974 bits per heavy atom. The lowest BCUT2D eigenvalue weighted by Gasteiger charge is -2.25. The van der Waals surface area contributed by atoms with Gasteiger partial charge < -0.3 is 19.7 Å². The number of benzene rings is 3. The van der Waals surface area contributed by atoms with Crippen molar-refractivity contribution in [1.29, 1.82) is 0 Å². The first-order valence-corrected chi connectivity index (χ1v) is 13.6. The number of anilines is 3. The van der Waals surface area contributed by atoms with E-state index in [1.165, 1.54) is 32.4 Å². The number of carbonyl (C=O) groups is 2. The minimum Gasteiger partial charge on any atom is -0.493 e. The molecule has 3 aromatic rings. The Balaban J connectivity index is 1.64. The highest BCUT2D eigenvalue weighted by Crippen LogP contribution is 2.33. The summed E-state index contributed by atoms with van der Waals surface area (Å²) in [4.78, 5) is 27.1. The zero-order chi connectivity index (χ0) is 27.4. The molecule has 1 aliphatic heterocycles. The highest BCUT2D eigenvalue weighted by molar-refractivity contribution is 7.92. The highest BCUT2D eigenvalue weighted by Gasteiger charge is 2.29. The van der Waals surface area contributed by atoms with Crippen molar-refractivity contribution >= 4 is 38.9 Å². The Labute approximate surface area is 223 Å². The zero-order valence-corrected chi connectivity index (χ0v) is 22.7. The lowest BCUT2D eigenvalue weighted by Crippen LogP contribution is -2.38. The van der Waals surface area contributed by atoms with E-state index < -0.39 is 22.5 Å². The summed E-state index contributed by atoms with van der Waals surface area (Å²) in [5, 5.41) is 2.80. The van der Waals surface area contributed by atoms with E-state index in [1.807, 2.05) is 19.9 Å². The van der Waals surface area contributed by atoms with Crippen molar-refractivity contribution in [2.75, 3.05) is 41.8 Å². The van der Waals surface area contributed by atoms with E-state index in [9.17, 15) is 18.0 Å². The molecule has 0 unspecified atom stereocenters. The van der Waals surface area contributed by atoms with Gasteiger partial charge in [0.1, 0.15) is 6.54 Å². The molecule has 0 aromatic heterocycles. The average Bonchev–Trinajstić information content (AvgIpc) is 3.34. The van der Waals surface area contributed by atoms with Crippen LogP contribution in [0.4, 0.5) is 17.1 Å². The molecule has 0 bridgehead atoms. The van der Waals surface area contributed by atoms with Gasteiger partial charge in [-0.25, -0.2) is 8.42 Å². The Kier molecular flexibility index (Phi) is 7.91. The van der Waals surface area contributed by atoms with E-state index in [4.69, 9.17) is 9.47 Å². The molecule has 0 saturated carbocycles. The highest BCUT2D eigenvalue weighted by atomic mass is 32.2. The van der Waals surface area contributed by atoms with E-state index in [0.717, 1.165) is 27.5 Å². The molecule has 3 aromatic carbocycles. The van der Waals surface area contributed by atoms with Crippen LogP contribution in [0.1, 0.15) is 24.0 Å². The first-order chi connectivity index (χ1) is 18.1. The quantitative estimate of drug-likeness (QED) is 0.437. The summed E-state index contributed by atoms with van der Waals surface area (Å²) in [7, 11) is -1.28. The number of nitrogens with zero attached hydrogens (tertiary/aromatic N) is 2. The molecular formula is C28H31N3O6S. The summed E-state index contributed by atoms with van der Waals surface area (Å²) >= 11 is 0. The van der Waals surface area contributed by atoms with Gasteiger partial charge in [-0.05, 0) is 62.2 Å². The molecule has 1 saturated heterocycles. The molecule has 1 N–H and O–H groups in total. The molecule has 1 heterocycles. The number of ether oxygens (including phenoxy) is 2. The zero-order valence-electron chi connectivity index (χ0n) is 21.9.